The van der Waals surface area contributed by atoms with E-state index in [9.17, 15) is 0 Å². The molecule has 23 heavy (non-hydrogen) atoms. The van der Waals surface area contributed by atoms with Gasteiger partial charge in [0.15, 0.2) is 5.96 Å². The lowest BCUT2D eigenvalue weighted by Gasteiger charge is -2.36. The molecule has 2 N–H and O–H groups in total. The molecule has 0 radical (unpaired) electrons. The minimum Gasteiger partial charge on any atom is -0.368 e. The van der Waals surface area contributed by atoms with Crippen LogP contribution in [0.5, 0.6) is 0 Å². The number of guanidine groups is 1. The van der Waals surface area contributed by atoms with Gasteiger partial charge in [-0.2, -0.15) is 0 Å². The monoisotopic (exact) mass is 451 g/mol. The second-order valence-corrected chi connectivity index (χ2v) is 5.79. The molecule has 1 aliphatic rings. The lowest BCUT2D eigenvalue weighted by atomic mass is 10.2. The van der Waals surface area contributed by atoms with Crippen LogP contribution in [-0.2, 0) is 0 Å². The molecular weight excluding hydrogens is 425 g/mol. The van der Waals surface area contributed by atoms with E-state index in [4.69, 9.17) is 11.6 Å². The summed E-state index contributed by atoms with van der Waals surface area (Å²) in [5, 5.41) is 7.16. The van der Waals surface area contributed by atoms with Crippen molar-refractivity contribution in [1.82, 2.24) is 15.5 Å². The first-order chi connectivity index (χ1) is 10.7. The van der Waals surface area contributed by atoms with Crippen molar-refractivity contribution >= 4 is 47.2 Å². The molecule has 0 saturated carbocycles. The van der Waals surface area contributed by atoms with Crippen molar-refractivity contribution < 1.29 is 0 Å². The van der Waals surface area contributed by atoms with E-state index in [1.807, 2.05) is 25.2 Å². The number of rotatable bonds is 5. The van der Waals surface area contributed by atoms with Gasteiger partial charge in [0.25, 0.3) is 0 Å². The molecule has 0 spiro atoms. The molecule has 0 bridgehead atoms. The number of aliphatic imine (C=N–C) groups is 1. The molecule has 1 aromatic carbocycles. The quantitative estimate of drug-likeness (QED) is 0.312. The van der Waals surface area contributed by atoms with Crippen LogP contribution in [0.1, 0.15) is 6.42 Å². The fourth-order valence-electron chi connectivity index (χ4n) is 2.71. The van der Waals surface area contributed by atoms with Gasteiger partial charge in [-0.15, -0.1) is 24.0 Å². The maximum absolute atomic E-state index is 6.27. The molecule has 0 aromatic heterocycles. The SMILES string of the molecule is CN=C(NC)NCCCN1CCN(c2ccccc2Cl)CC1.I. The highest BCUT2D eigenvalue weighted by molar-refractivity contribution is 14.0. The van der Waals surface area contributed by atoms with E-state index in [-0.39, 0.29) is 24.0 Å². The number of benzene rings is 1. The second kappa shape index (κ2) is 10.9. The number of para-hydroxylation sites is 1. The van der Waals surface area contributed by atoms with Crippen molar-refractivity contribution in [3.05, 3.63) is 29.3 Å². The summed E-state index contributed by atoms with van der Waals surface area (Å²) in [5.74, 6) is 0.850. The van der Waals surface area contributed by atoms with Crippen molar-refractivity contribution in [2.24, 2.45) is 4.99 Å². The highest BCUT2D eigenvalue weighted by Crippen LogP contribution is 2.25. The Bertz CT molecular complexity index is 489. The smallest absolute Gasteiger partial charge is 0.190 e. The lowest BCUT2D eigenvalue weighted by Crippen LogP contribution is -2.47. The molecule has 5 nitrogen and oxygen atoms in total. The number of anilines is 1. The van der Waals surface area contributed by atoms with Crippen LogP contribution in [-0.4, -0.2) is 64.2 Å². The van der Waals surface area contributed by atoms with Gasteiger partial charge in [0.1, 0.15) is 0 Å². The third-order valence-electron chi connectivity index (χ3n) is 3.97. The van der Waals surface area contributed by atoms with Gasteiger partial charge >= 0.3 is 0 Å². The highest BCUT2D eigenvalue weighted by atomic mass is 127. The maximum atomic E-state index is 6.27. The molecule has 2 rings (SSSR count). The predicted octanol–water partition coefficient (Wildman–Crippen LogP) is 2.26. The molecule has 0 unspecified atom stereocenters. The number of hydrogen-bond acceptors (Lipinski definition) is 3. The molecule has 1 fully saturated rings. The topological polar surface area (TPSA) is 42.9 Å². The Morgan fingerprint density at radius 1 is 1.22 bits per heavy atom. The second-order valence-electron chi connectivity index (χ2n) is 5.38. The van der Waals surface area contributed by atoms with E-state index in [1.54, 1.807) is 7.05 Å². The van der Waals surface area contributed by atoms with Crippen molar-refractivity contribution in [3.8, 4) is 0 Å². The average Bonchev–Trinajstić information content (AvgIpc) is 2.56. The Morgan fingerprint density at radius 2 is 1.91 bits per heavy atom. The summed E-state index contributed by atoms with van der Waals surface area (Å²) in [4.78, 5) is 8.99. The van der Waals surface area contributed by atoms with Gasteiger partial charge in [-0.25, -0.2) is 0 Å². The molecule has 1 saturated heterocycles. The molecule has 1 aliphatic heterocycles. The molecule has 1 aromatic rings. The third kappa shape index (κ3) is 6.35. The van der Waals surface area contributed by atoms with Gasteiger partial charge in [0.05, 0.1) is 10.7 Å². The summed E-state index contributed by atoms with van der Waals surface area (Å²) < 4.78 is 0. The zero-order chi connectivity index (χ0) is 15.8. The van der Waals surface area contributed by atoms with Gasteiger partial charge in [0.2, 0.25) is 0 Å². The molecule has 1 heterocycles. The van der Waals surface area contributed by atoms with Crippen LogP contribution in [0.15, 0.2) is 29.3 Å². The molecule has 7 heteroatoms. The summed E-state index contributed by atoms with van der Waals surface area (Å²) in [5.41, 5.74) is 1.16. The Morgan fingerprint density at radius 3 is 2.52 bits per heavy atom. The van der Waals surface area contributed by atoms with Crippen molar-refractivity contribution in [2.75, 3.05) is 58.3 Å². The number of hydrogen-bond donors (Lipinski definition) is 2. The van der Waals surface area contributed by atoms with Gasteiger partial charge < -0.3 is 15.5 Å². The Kier molecular flexibility index (Phi) is 9.66. The van der Waals surface area contributed by atoms with Gasteiger partial charge in [-0.3, -0.25) is 9.89 Å². The van der Waals surface area contributed by atoms with Crippen LogP contribution in [0.25, 0.3) is 0 Å². The lowest BCUT2D eigenvalue weighted by molar-refractivity contribution is 0.255. The number of piperazine rings is 1. The van der Waals surface area contributed by atoms with E-state index in [2.05, 4.69) is 31.5 Å². The minimum absolute atomic E-state index is 0. The summed E-state index contributed by atoms with van der Waals surface area (Å²) in [6, 6.07) is 8.09. The van der Waals surface area contributed by atoms with E-state index in [0.29, 0.717) is 0 Å². The van der Waals surface area contributed by atoms with Crippen molar-refractivity contribution in [3.63, 3.8) is 0 Å². The van der Waals surface area contributed by atoms with Crippen molar-refractivity contribution in [2.45, 2.75) is 6.42 Å². The Hall–Kier alpha value is -0.730. The predicted molar refractivity (Wildman–Crippen MR) is 111 cm³/mol. The molecule has 0 aliphatic carbocycles. The van der Waals surface area contributed by atoms with E-state index >= 15 is 0 Å². The third-order valence-corrected chi connectivity index (χ3v) is 4.29. The first-order valence-corrected chi connectivity index (χ1v) is 8.22. The Balaban J connectivity index is 0.00000264. The standard InChI is InChI=1S/C16H26ClN5.HI/c1-18-16(19-2)20-8-5-9-21-10-12-22(13-11-21)15-7-4-3-6-14(15)17;/h3-4,6-7H,5,8-13H2,1-2H3,(H2,18,19,20);1H. The van der Waals surface area contributed by atoms with Gasteiger partial charge in [-0.1, -0.05) is 23.7 Å². The summed E-state index contributed by atoms with van der Waals surface area (Å²) in [6.45, 7) is 6.31. The molecular formula is C16H27ClIN5. The Labute approximate surface area is 161 Å². The molecule has 0 atom stereocenters. The normalized spacial score (nSPS) is 16.0. The number of halogens is 2. The van der Waals surface area contributed by atoms with Crippen LogP contribution < -0.4 is 15.5 Å². The highest BCUT2D eigenvalue weighted by Gasteiger charge is 2.18. The number of nitrogens with zero attached hydrogens (tertiary/aromatic N) is 3. The van der Waals surface area contributed by atoms with E-state index in [0.717, 1.165) is 62.4 Å². The van der Waals surface area contributed by atoms with E-state index < -0.39 is 0 Å². The van der Waals surface area contributed by atoms with Gasteiger partial charge in [0, 0.05) is 46.8 Å². The first-order valence-electron chi connectivity index (χ1n) is 7.85. The summed E-state index contributed by atoms with van der Waals surface area (Å²) >= 11 is 6.27. The summed E-state index contributed by atoms with van der Waals surface area (Å²) in [7, 11) is 3.66. The van der Waals surface area contributed by atoms with E-state index in [1.165, 1.54) is 0 Å². The van der Waals surface area contributed by atoms with Gasteiger partial charge in [-0.05, 0) is 25.1 Å². The fourth-order valence-corrected chi connectivity index (χ4v) is 2.96. The van der Waals surface area contributed by atoms with Crippen LogP contribution in [0.4, 0.5) is 5.69 Å². The minimum atomic E-state index is 0. The number of nitrogens with one attached hydrogen (secondary N) is 2. The first kappa shape index (κ1) is 20.3. The maximum Gasteiger partial charge on any atom is 0.190 e. The van der Waals surface area contributed by atoms with Crippen molar-refractivity contribution in [1.29, 1.82) is 0 Å². The molecule has 130 valence electrons. The van der Waals surface area contributed by atoms with Crippen LogP contribution in [0, 0.1) is 0 Å². The van der Waals surface area contributed by atoms with Crippen LogP contribution in [0.3, 0.4) is 0 Å². The molecule has 0 amide bonds. The average molecular weight is 452 g/mol. The van der Waals surface area contributed by atoms with Crippen LogP contribution in [0.2, 0.25) is 5.02 Å². The summed E-state index contributed by atoms with van der Waals surface area (Å²) in [6.07, 6.45) is 1.12. The largest absolute Gasteiger partial charge is 0.368 e. The zero-order valence-corrected chi connectivity index (χ0v) is 17.0. The zero-order valence-electron chi connectivity index (χ0n) is 13.9. The fraction of sp³-hybridized carbons (Fsp3) is 0.562. The van der Waals surface area contributed by atoms with Crippen LogP contribution >= 0.6 is 35.6 Å².